The fourth-order valence-electron chi connectivity index (χ4n) is 4.94. The molecule has 0 aliphatic heterocycles. The summed E-state index contributed by atoms with van der Waals surface area (Å²) in [5, 5.41) is 31.2. The molecule has 0 heterocycles. The van der Waals surface area contributed by atoms with E-state index in [1.165, 1.54) is 13.2 Å². The molecule has 0 spiro atoms. The fraction of sp³-hybridized carbons (Fsp3) is 0.667. The largest absolute Gasteiger partial charge is 0.466 e. The summed E-state index contributed by atoms with van der Waals surface area (Å²) in [6.45, 7) is 6.53. The number of hydrogen-bond acceptors (Lipinski definition) is 8. The van der Waals surface area contributed by atoms with Crippen LogP contribution in [0.5, 0.6) is 0 Å². The topological polar surface area (TPSA) is 130 Å². The number of esters is 2. The van der Waals surface area contributed by atoms with Gasteiger partial charge in [0.25, 0.3) is 0 Å². The molecule has 0 unspecified atom stereocenters. The fourth-order valence-corrected chi connectivity index (χ4v) is 4.94. The second-order valence-electron chi connectivity index (χ2n) is 8.08. The zero-order chi connectivity index (χ0) is 21.9. The summed E-state index contributed by atoms with van der Waals surface area (Å²) in [5.41, 5.74) is -0.948. The van der Waals surface area contributed by atoms with Crippen LogP contribution >= 0.6 is 0 Å². The molecule has 2 aliphatic carbocycles. The van der Waals surface area contributed by atoms with Gasteiger partial charge in [0.2, 0.25) is 0 Å². The Kier molecular flexibility index (Phi) is 7.37. The van der Waals surface area contributed by atoms with Crippen molar-refractivity contribution in [1.82, 2.24) is 0 Å². The molecule has 7 atom stereocenters. The van der Waals surface area contributed by atoms with Crippen LogP contribution < -0.4 is 0 Å². The van der Waals surface area contributed by atoms with Crippen LogP contribution in [0.25, 0.3) is 0 Å². The number of aldehydes is 1. The van der Waals surface area contributed by atoms with Crippen LogP contribution in [-0.4, -0.2) is 65.6 Å². The zero-order valence-electron chi connectivity index (χ0n) is 17.0. The Balaban J connectivity index is 2.48. The zero-order valence-corrected chi connectivity index (χ0v) is 17.0. The first-order valence-electron chi connectivity index (χ1n) is 9.71. The molecule has 8 nitrogen and oxygen atoms in total. The number of aliphatic hydroxyl groups excluding tert-OH is 3. The third-order valence-corrected chi connectivity index (χ3v) is 6.60. The third-order valence-electron chi connectivity index (χ3n) is 6.60. The Bertz CT molecular complexity index is 699. The van der Waals surface area contributed by atoms with Crippen molar-refractivity contribution < 1.29 is 39.2 Å². The molecule has 0 bridgehead atoms. The Labute approximate surface area is 170 Å². The molecule has 2 aliphatic rings. The first kappa shape index (κ1) is 23.3. The van der Waals surface area contributed by atoms with E-state index < -0.39 is 60.0 Å². The van der Waals surface area contributed by atoms with Crippen molar-refractivity contribution in [2.45, 2.75) is 51.4 Å². The van der Waals surface area contributed by atoms with E-state index in [0.717, 1.165) is 6.29 Å². The van der Waals surface area contributed by atoms with E-state index in [0.29, 0.717) is 12.8 Å². The number of carbonyl (C=O) groups excluding carboxylic acids is 3. The van der Waals surface area contributed by atoms with Gasteiger partial charge in [0.15, 0.2) is 0 Å². The molecule has 0 radical (unpaired) electrons. The average Bonchev–Trinajstić information content (AvgIpc) is 2.69. The summed E-state index contributed by atoms with van der Waals surface area (Å²) in [5.74, 6) is -3.69. The average molecular weight is 410 g/mol. The molecule has 0 aromatic heterocycles. The third kappa shape index (κ3) is 4.15. The van der Waals surface area contributed by atoms with E-state index >= 15 is 0 Å². The van der Waals surface area contributed by atoms with Gasteiger partial charge in [0.1, 0.15) is 12.4 Å². The Morgan fingerprint density at radius 2 is 1.90 bits per heavy atom. The first-order chi connectivity index (χ1) is 13.7. The van der Waals surface area contributed by atoms with E-state index in [1.54, 1.807) is 13.8 Å². The van der Waals surface area contributed by atoms with Crippen LogP contribution in [0.15, 0.2) is 23.8 Å². The molecule has 0 aromatic carbocycles. The maximum atomic E-state index is 12.5. The Morgan fingerprint density at radius 3 is 2.41 bits per heavy atom. The van der Waals surface area contributed by atoms with E-state index in [1.807, 2.05) is 0 Å². The molecular weight excluding hydrogens is 380 g/mol. The standard InChI is InChI=1S/C21H30O8/c1-5-12(9-22)20(27)29-14-8-21(3)15(24)7-6-13(10-23)17(21)18(25)16(14)11(2)19(26)28-4/h5,10,13-18,22,24-25H,2,6-9H2,1,3-4H3/b12-5+/t13-,14-,15+,16+,17+,18-,21-/m0/s1. The van der Waals surface area contributed by atoms with Gasteiger partial charge in [0, 0.05) is 22.8 Å². The molecule has 2 rings (SSSR count). The van der Waals surface area contributed by atoms with Crippen LogP contribution in [0.4, 0.5) is 0 Å². The highest BCUT2D eigenvalue weighted by Gasteiger charge is 2.59. The van der Waals surface area contributed by atoms with Crippen molar-refractivity contribution >= 4 is 18.2 Å². The minimum Gasteiger partial charge on any atom is -0.466 e. The lowest BCUT2D eigenvalue weighted by molar-refractivity contribution is -0.197. The van der Waals surface area contributed by atoms with E-state index in [2.05, 4.69) is 6.58 Å². The Hall–Kier alpha value is -2.03. The number of aliphatic hydroxyl groups is 3. The summed E-state index contributed by atoms with van der Waals surface area (Å²) >= 11 is 0. The van der Waals surface area contributed by atoms with Crippen molar-refractivity contribution in [1.29, 1.82) is 0 Å². The monoisotopic (exact) mass is 410 g/mol. The van der Waals surface area contributed by atoms with Gasteiger partial charge in [0.05, 0.1) is 37.4 Å². The molecule has 162 valence electrons. The van der Waals surface area contributed by atoms with Gasteiger partial charge in [-0.3, -0.25) is 0 Å². The molecule has 3 N–H and O–H groups in total. The van der Waals surface area contributed by atoms with Gasteiger partial charge in [-0.2, -0.15) is 0 Å². The highest BCUT2D eigenvalue weighted by Crippen LogP contribution is 2.55. The Morgan fingerprint density at radius 1 is 1.24 bits per heavy atom. The van der Waals surface area contributed by atoms with E-state index in [-0.39, 0.29) is 17.6 Å². The normalized spacial score (nSPS) is 37.2. The van der Waals surface area contributed by atoms with Crippen LogP contribution in [0.2, 0.25) is 0 Å². The highest BCUT2D eigenvalue weighted by molar-refractivity contribution is 5.90. The number of methoxy groups -OCH3 is 1. The lowest BCUT2D eigenvalue weighted by Crippen LogP contribution is -2.61. The van der Waals surface area contributed by atoms with Crippen molar-refractivity contribution in [3.05, 3.63) is 23.8 Å². The molecule has 0 amide bonds. The molecule has 0 aromatic rings. The van der Waals surface area contributed by atoms with Gasteiger partial charge in [-0.15, -0.1) is 0 Å². The molecule has 0 saturated heterocycles. The predicted molar refractivity (Wildman–Crippen MR) is 102 cm³/mol. The molecule has 8 heteroatoms. The van der Waals surface area contributed by atoms with Crippen LogP contribution in [-0.2, 0) is 23.9 Å². The minimum absolute atomic E-state index is 0.0316. The number of carbonyl (C=O) groups is 3. The molecule has 29 heavy (non-hydrogen) atoms. The lowest BCUT2D eigenvalue weighted by Gasteiger charge is -2.56. The molecule has 2 saturated carbocycles. The van der Waals surface area contributed by atoms with Gasteiger partial charge in [-0.1, -0.05) is 19.6 Å². The number of ether oxygens (including phenoxy) is 2. The summed E-state index contributed by atoms with van der Waals surface area (Å²) in [6, 6.07) is 0. The van der Waals surface area contributed by atoms with Gasteiger partial charge in [-0.05, 0) is 26.2 Å². The van der Waals surface area contributed by atoms with E-state index in [4.69, 9.17) is 9.47 Å². The first-order valence-corrected chi connectivity index (χ1v) is 9.71. The molecule has 2 fully saturated rings. The summed E-state index contributed by atoms with van der Waals surface area (Å²) in [7, 11) is 1.18. The number of rotatable bonds is 6. The van der Waals surface area contributed by atoms with Crippen molar-refractivity contribution in [3.8, 4) is 0 Å². The van der Waals surface area contributed by atoms with Crippen molar-refractivity contribution in [3.63, 3.8) is 0 Å². The van der Waals surface area contributed by atoms with Gasteiger partial charge in [-0.25, -0.2) is 9.59 Å². The quantitative estimate of drug-likeness (QED) is 0.329. The van der Waals surface area contributed by atoms with Crippen molar-refractivity contribution in [2.24, 2.45) is 23.2 Å². The molecular formula is C21H30O8. The lowest BCUT2D eigenvalue weighted by atomic mass is 9.51. The van der Waals surface area contributed by atoms with Gasteiger partial charge >= 0.3 is 11.9 Å². The van der Waals surface area contributed by atoms with Crippen LogP contribution in [0.1, 0.15) is 33.1 Å². The maximum absolute atomic E-state index is 12.5. The summed E-state index contributed by atoms with van der Waals surface area (Å²) in [6.07, 6.45) is 0.0273. The SMILES string of the molecule is C=C(C(=O)OC)[C@H]1[C@H](O)[C@H]2[C@H](C=O)CC[C@@H](O)[C@]2(C)C[C@@H]1OC(=O)/C(=C/C)CO. The second kappa shape index (κ2) is 9.19. The van der Waals surface area contributed by atoms with E-state index in [9.17, 15) is 29.7 Å². The van der Waals surface area contributed by atoms with Crippen LogP contribution in [0.3, 0.4) is 0 Å². The predicted octanol–water partition coefficient (Wildman–Crippen LogP) is 0.539. The number of allylic oxidation sites excluding steroid dienone is 1. The van der Waals surface area contributed by atoms with Gasteiger partial charge < -0.3 is 29.6 Å². The minimum atomic E-state index is -1.26. The smallest absolute Gasteiger partial charge is 0.336 e. The maximum Gasteiger partial charge on any atom is 0.336 e. The summed E-state index contributed by atoms with van der Waals surface area (Å²) < 4.78 is 10.3. The highest BCUT2D eigenvalue weighted by atomic mass is 16.5. The number of hydrogen-bond donors (Lipinski definition) is 3. The van der Waals surface area contributed by atoms with Crippen molar-refractivity contribution in [2.75, 3.05) is 13.7 Å². The number of fused-ring (bicyclic) bond motifs is 1. The second-order valence-corrected chi connectivity index (χ2v) is 8.08. The van der Waals surface area contributed by atoms with Crippen LogP contribution in [0, 0.1) is 23.2 Å². The summed E-state index contributed by atoms with van der Waals surface area (Å²) in [4.78, 5) is 36.3.